The normalized spacial score (nSPS) is 18.7. The first-order chi connectivity index (χ1) is 16.2. The van der Waals surface area contributed by atoms with Crippen LogP contribution in [0.25, 0.3) is 0 Å². The van der Waals surface area contributed by atoms with Crippen LogP contribution < -0.4 is 20.3 Å². The average Bonchev–Trinajstić information content (AvgIpc) is 3.47. The zero-order valence-corrected chi connectivity index (χ0v) is 19.7. The van der Waals surface area contributed by atoms with Gasteiger partial charge in [0, 0.05) is 45.2 Å². The minimum Gasteiger partial charge on any atom is -0.495 e. The van der Waals surface area contributed by atoms with E-state index in [1.165, 1.54) is 5.56 Å². The van der Waals surface area contributed by atoms with Gasteiger partial charge in [0.25, 0.3) is 0 Å². The van der Waals surface area contributed by atoms with E-state index in [1.807, 2.05) is 17.0 Å². The molecule has 0 aliphatic carbocycles. The van der Waals surface area contributed by atoms with Crippen LogP contribution in [0.4, 0.5) is 5.69 Å². The first kappa shape index (κ1) is 23.0. The Labute approximate surface area is 196 Å². The number of carbonyl (C=O) groups is 1. The predicted octanol–water partition coefficient (Wildman–Crippen LogP) is 3.15. The Morgan fingerprint density at radius 3 is 2.64 bits per heavy atom. The van der Waals surface area contributed by atoms with Gasteiger partial charge in [-0.2, -0.15) is 0 Å². The van der Waals surface area contributed by atoms with Crippen LogP contribution in [0.1, 0.15) is 37.3 Å². The molecule has 2 aliphatic heterocycles. The summed E-state index contributed by atoms with van der Waals surface area (Å²) < 4.78 is 5.53. The monoisotopic (exact) mass is 449 g/mol. The van der Waals surface area contributed by atoms with Gasteiger partial charge in [0.1, 0.15) is 5.75 Å². The molecule has 176 valence electrons. The SMILES string of the molecule is CCNC(=NCc1ccc(CN2CCCC2=O)cc1)NC1CCN(c2ccccc2OC)C1. The second kappa shape index (κ2) is 11.1. The molecule has 0 spiro atoms. The number of hydrogen-bond acceptors (Lipinski definition) is 4. The van der Waals surface area contributed by atoms with Crippen molar-refractivity contribution in [1.29, 1.82) is 0 Å². The summed E-state index contributed by atoms with van der Waals surface area (Å²) in [5, 5.41) is 6.97. The van der Waals surface area contributed by atoms with Crippen molar-refractivity contribution in [3.05, 3.63) is 59.7 Å². The Morgan fingerprint density at radius 2 is 1.91 bits per heavy atom. The van der Waals surface area contributed by atoms with Crippen LogP contribution in [-0.2, 0) is 17.9 Å². The number of carbonyl (C=O) groups excluding carboxylic acids is 1. The molecule has 2 heterocycles. The van der Waals surface area contributed by atoms with Gasteiger partial charge in [0.05, 0.1) is 19.3 Å². The molecule has 0 aromatic heterocycles. The van der Waals surface area contributed by atoms with E-state index in [-0.39, 0.29) is 5.91 Å². The quantitative estimate of drug-likeness (QED) is 0.479. The number of para-hydroxylation sites is 2. The maximum atomic E-state index is 11.8. The van der Waals surface area contributed by atoms with E-state index < -0.39 is 0 Å². The van der Waals surface area contributed by atoms with E-state index in [9.17, 15) is 4.79 Å². The van der Waals surface area contributed by atoms with Crippen molar-refractivity contribution in [2.45, 2.75) is 45.3 Å². The highest BCUT2D eigenvalue weighted by molar-refractivity contribution is 5.80. The fraction of sp³-hybridized carbons (Fsp3) is 0.462. The van der Waals surface area contributed by atoms with E-state index >= 15 is 0 Å². The van der Waals surface area contributed by atoms with Crippen molar-refractivity contribution in [1.82, 2.24) is 15.5 Å². The molecule has 0 saturated carbocycles. The van der Waals surface area contributed by atoms with E-state index in [4.69, 9.17) is 9.73 Å². The molecule has 0 radical (unpaired) electrons. The number of nitrogens with zero attached hydrogens (tertiary/aromatic N) is 3. The molecule has 1 atom stereocenters. The van der Waals surface area contributed by atoms with E-state index in [0.717, 1.165) is 62.0 Å². The highest BCUT2D eigenvalue weighted by Gasteiger charge is 2.25. The molecule has 2 N–H and O–H groups in total. The molecule has 4 rings (SSSR count). The van der Waals surface area contributed by atoms with Crippen molar-refractivity contribution >= 4 is 17.6 Å². The first-order valence-corrected chi connectivity index (χ1v) is 11.9. The van der Waals surface area contributed by atoms with E-state index in [2.05, 4.69) is 58.9 Å². The molecule has 33 heavy (non-hydrogen) atoms. The van der Waals surface area contributed by atoms with Crippen molar-refractivity contribution < 1.29 is 9.53 Å². The van der Waals surface area contributed by atoms with Crippen LogP contribution in [0.3, 0.4) is 0 Å². The molecule has 2 fully saturated rings. The number of rotatable bonds is 8. The minimum absolute atomic E-state index is 0.265. The lowest BCUT2D eigenvalue weighted by atomic mass is 10.1. The third-order valence-corrected chi connectivity index (χ3v) is 6.29. The van der Waals surface area contributed by atoms with Gasteiger partial charge in [-0.3, -0.25) is 4.79 Å². The molecule has 0 bridgehead atoms. The second-order valence-corrected chi connectivity index (χ2v) is 8.68. The number of hydrogen-bond donors (Lipinski definition) is 2. The largest absolute Gasteiger partial charge is 0.495 e. The summed E-state index contributed by atoms with van der Waals surface area (Å²) >= 11 is 0. The predicted molar refractivity (Wildman–Crippen MR) is 133 cm³/mol. The second-order valence-electron chi connectivity index (χ2n) is 8.68. The molecule has 7 nitrogen and oxygen atoms in total. The third-order valence-electron chi connectivity index (χ3n) is 6.29. The molecule has 2 saturated heterocycles. The van der Waals surface area contributed by atoms with Gasteiger partial charge in [-0.1, -0.05) is 36.4 Å². The van der Waals surface area contributed by atoms with Gasteiger partial charge in [-0.05, 0) is 43.0 Å². The summed E-state index contributed by atoms with van der Waals surface area (Å²) in [5.41, 5.74) is 3.47. The molecule has 7 heteroatoms. The summed E-state index contributed by atoms with van der Waals surface area (Å²) in [6.07, 6.45) is 2.71. The Hall–Kier alpha value is -3.22. The maximum absolute atomic E-state index is 11.8. The van der Waals surface area contributed by atoms with Crippen LogP contribution >= 0.6 is 0 Å². The number of anilines is 1. The van der Waals surface area contributed by atoms with Gasteiger partial charge >= 0.3 is 0 Å². The molecule has 2 aromatic carbocycles. The van der Waals surface area contributed by atoms with E-state index in [1.54, 1.807) is 7.11 Å². The fourth-order valence-electron chi connectivity index (χ4n) is 4.51. The van der Waals surface area contributed by atoms with Gasteiger partial charge in [-0.25, -0.2) is 4.99 Å². The number of aliphatic imine (C=N–C) groups is 1. The maximum Gasteiger partial charge on any atom is 0.222 e. The van der Waals surface area contributed by atoms with Crippen LogP contribution in [0.15, 0.2) is 53.5 Å². The topological polar surface area (TPSA) is 69.2 Å². The molecular formula is C26H35N5O2. The van der Waals surface area contributed by atoms with Crippen molar-refractivity contribution in [2.75, 3.05) is 38.2 Å². The van der Waals surface area contributed by atoms with Gasteiger partial charge in [0.2, 0.25) is 5.91 Å². The van der Waals surface area contributed by atoms with Crippen LogP contribution in [-0.4, -0.2) is 56.1 Å². The molecular weight excluding hydrogens is 414 g/mol. The van der Waals surface area contributed by atoms with Crippen molar-refractivity contribution in [2.24, 2.45) is 4.99 Å². The highest BCUT2D eigenvalue weighted by atomic mass is 16.5. The van der Waals surface area contributed by atoms with Gasteiger partial charge in [-0.15, -0.1) is 0 Å². The summed E-state index contributed by atoms with van der Waals surface area (Å²) in [4.78, 5) is 21.0. The van der Waals surface area contributed by atoms with Crippen LogP contribution in [0.2, 0.25) is 0 Å². The summed E-state index contributed by atoms with van der Waals surface area (Å²) in [6, 6.07) is 17.0. The Bertz CT molecular complexity index is 959. The number of guanidine groups is 1. The minimum atomic E-state index is 0.265. The number of benzene rings is 2. The Morgan fingerprint density at radius 1 is 1.12 bits per heavy atom. The van der Waals surface area contributed by atoms with Crippen molar-refractivity contribution in [3.63, 3.8) is 0 Å². The Kier molecular flexibility index (Phi) is 7.70. The molecule has 2 aliphatic rings. The Balaban J connectivity index is 1.32. The molecule has 1 amide bonds. The summed E-state index contributed by atoms with van der Waals surface area (Å²) in [5.74, 6) is 2.02. The third kappa shape index (κ3) is 5.97. The fourth-order valence-corrected chi connectivity index (χ4v) is 4.51. The highest BCUT2D eigenvalue weighted by Crippen LogP contribution is 2.30. The van der Waals surface area contributed by atoms with Gasteiger partial charge in [0.15, 0.2) is 5.96 Å². The lowest BCUT2D eigenvalue weighted by Gasteiger charge is -2.22. The van der Waals surface area contributed by atoms with Gasteiger partial charge < -0.3 is 25.2 Å². The zero-order chi connectivity index (χ0) is 23.0. The molecule has 1 unspecified atom stereocenters. The van der Waals surface area contributed by atoms with Crippen LogP contribution in [0.5, 0.6) is 5.75 Å². The lowest BCUT2D eigenvalue weighted by molar-refractivity contribution is -0.128. The lowest BCUT2D eigenvalue weighted by Crippen LogP contribution is -2.44. The number of nitrogens with one attached hydrogen (secondary N) is 2. The molecule has 2 aromatic rings. The number of likely N-dealkylation sites (tertiary alicyclic amines) is 1. The van der Waals surface area contributed by atoms with E-state index in [0.29, 0.717) is 25.6 Å². The zero-order valence-electron chi connectivity index (χ0n) is 19.7. The number of amides is 1. The smallest absolute Gasteiger partial charge is 0.222 e. The average molecular weight is 450 g/mol. The standard InChI is InChI=1S/C26H35N5O2/c1-3-27-26(29-22-14-16-30(19-22)23-7-4-5-8-24(23)33-2)28-17-20-10-12-21(13-11-20)18-31-15-6-9-25(31)32/h4-5,7-8,10-13,22H,3,6,9,14-19H2,1-2H3,(H2,27,28,29). The van der Waals surface area contributed by atoms with Crippen LogP contribution in [0, 0.1) is 0 Å². The van der Waals surface area contributed by atoms with Crippen molar-refractivity contribution in [3.8, 4) is 5.75 Å². The number of ether oxygens (including phenoxy) is 1. The first-order valence-electron chi connectivity index (χ1n) is 11.9. The number of methoxy groups -OCH3 is 1. The summed E-state index contributed by atoms with van der Waals surface area (Å²) in [7, 11) is 1.72. The summed E-state index contributed by atoms with van der Waals surface area (Å²) in [6.45, 7) is 6.99.